The van der Waals surface area contributed by atoms with Gasteiger partial charge in [-0.05, 0) is 37.0 Å². The molecule has 0 aromatic heterocycles. The Bertz CT molecular complexity index is 759. The Labute approximate surface area is 201 Å². The summed E-state index contributed by atoms with van der Waals surface area (Å²) in [5.74, 6) is 0.977. The monoisotopic (exact) mass is 543 g/mol. The number of guanidine groups is 1. The van der Waals surface area contributed by atoms with Crippen molar-refractivity contribution >= 4 is 47.4 Å². The standard InChI is InChI=1S/C22H33N5O3.HI/c1-3-6-20(28)25-18-8-4-7-17(15-18)16-24-22(23-2)27-12-10-26(11-13-27)21(29)19-9-5-14-30-19;/h4,7-8,15,19H,3,5-6,9-14,16H2,1-2H3,(H,23,24)(H,25,28);1H. The van der Waals surface area contributed by atoms with Crippen LogP contribution in [0.5, 0.6) is 0 Å². The maximum absolute atomic E-state index is 12.5. The van der Waals surface area contributed by atoms with Crippen LogP contribution in [0.15, 0.2) is 29.3 Å². The fourth-order valence-electron chi connectivity index (χ4n) is 3.84. The van der Waals surface area contributed by atoms with E-state index in [2.05, 4.69) is 20.5 Å². The first kappa shape index (κ1) is 25.4. The molecule has 2 N–H and O–H groups in total. The lowest BCUT2D eigenvalue weighted by atomic mass is 10.2. The van der Waals surface area contributed by atoms with Crippen LogP contribution < -0.4 is 10.6 Å². The van der Waals surface area contributed by atoms with Gasteiger partial charge in [-0.1, -0.05) is 19.1 Å². The van der Waals surface area contributed by atoms with Crippen molar-refractivity contribution in [2.75, 3.05) is 45.2 Å². The molecule has 1 aromatic carbocycles. The molecule has 0 saturated carbocycles. The van der Waals surface area contributed by atoms with Crippen LogP contribution in [0.3, 0.4) is 0 Å². The first-order chi connectivity index (χ1) is 14.6. The zero-order chi connectivity index (χ0) is 21.3. The van der Waals surface area contributed by atoms with E-state index in [-0.39, 0.29) is 41.9 Å². The quantitative estimate of drug-likeness (QED) is 0.327. The maximum Gasteiger partial charge on any atom is 0.251 e. The number of carbonyl (C=O) groups excluding carboxylic acids is 2. The molecular formula is C22H34IN5O3. The number of nitrogens with zero attached hydrogens (tertiary/aromatic N) is 3. The summed E-state index contributed by atoms with van der Waals surface area (Å²) in [6.45, 7) is 6.13. The van der Waals surface area contributed by atoms with Crippen molar-refractivity contribution in [3.8, 4) is 0 Å². The number of ether oxygens (including phenoxy) is 1. The summed E-state index contributed by atoms with van der Waals surface area (Å²) in [7, 11) is 1.77. The molecule has 0 radical (unpaired) electrons. The van der Waals surface area contributed by atoms with Gasteiger partial charge in [0.2, 0.25) is 5.91 Å². The number of aliphatic imine (C=N–C) groups is 1. The van der Waals surface area contributed by atoms with E-state index in [1.807, 2.05) is 36.1 Å². The molecule has 1 atom stereocenters. The Balaban J connectivity index is 0.00000341. The average Bonchev–Trinajstić information content (AvgIpc) is 3.29. The van der Waals surface area contributed by atoms with Crippen LogP contribution in [0.4, 0.5) is 5.69 Å². The van der Waals surface area contributed by atoms with Gasteiger partial charge in [-0.25, -0.2) is 0 Å². The van der Waals surface area contributed by atoms with Crippen LogP contribution >= 0.6 is 24.0 Å². The van der Waals surface area contributed by atoms with Crippen LogP contribution in [-0.4, -0.2) is 73.5 Å². The lowest BCUT2D eigenvalue weighted by Gasteiger charge is -2.37. The highest BCUT2D eigenvalue weighted by molar-refractivity contribution is 14.0. The molecule has 0 bridgehead atoms. The van der Waals surface area contributed by atoms with Crippen molar-refractivity contribution in [3.05, 3.63) is 29.8 Å². The first-order valence-corrected chi connectivity index (χ1v) is 10.9. The SMILES string of the molecule is CCCC(=O)Nc1cccc(CNC(=NC)N2CCN(C(=O)C3CCCO3)CC2)c1.I. The number of anilines is 1. The van der Waals surface area contributed by atoms with Gasteiger partial charge in [0.1, 0.15) is 6.10 Å². The molecule has 2 amide bonds. The van der Waals surface area contributed by atoms with Crippen molar-refractivity contribution in [1.82, 2.24) is 15.1 Å². The molecule has 0 spiro atoms. The van der Waals surface area contributed by atoms with Gasteiger partial charge in [-0.3, -0.25) is 14.6 Å². The zero-order valence-electron chi connectivity index (χ0n) is 18.4. The van der Waals surface area contributed by atoms with E-state index >= 15 is 0 Å². The minimum absolute atomic E-state index is 0. The molecule has 2 aliphatic heterocycles. The summed E-state index contributed by atoms with van der Waals surface area (Å²) in [6, 6.07) is 7.84. The predicted octanol–water partition coefficient (Wildman–Crippen LogP) is 2.44. The number of rotatable bonds is 6. The van der Waals surface area contributed by atoms with Crippen LogP contribution in [-0.2, 0) is 20.9 Å². The predicted molar refractivity (Wildman–Crippen MR) is 133 cm³/mol. The van der Waals surface area contributed by atoms with Crippen LogP contribution in [0.25, 0.3) is 0 Å². The maximum atomic E-state index is 12.5. The van der Waals surface area contributed by atoms with Crippen LogP contribution in [0.2, 0.25) is 0 Å². The summed E-state index contributed by atoms with van der Waals surface area (Å²) >= 11 is 0. The molecule has 2 fully saturated rings. The number of carbonyl (C=O) groups is 2. The lowest BCUT2D eigenvalue weighted by molar-refractivity contribution is -0.142. The molecule has 2 saturated heterocycles. The molecule has 3 rings (SSSR count). The molecule has 172 valence electrons. The second-order valence-corrected chi connectivity index (χ2v) is 7.71. The number of nitrogens with one attached hydrogen (secondary N) is 2. The molecule has 9 heteroatoms. The fourth-order valence-corrected chi connectivity index (χ4v) is 3.84. The largest absolute Gasteiger partial charge is 0.368 e. The minimum Gasteiger partial charge on any atom is -0.368 e. The third-order valence-electron chi connectivity index (χ3n) is 5.45. The molecule has 2 aliphatic rings. The van der Waals surface area contributed by atoms with Gasteiger partial charge in [0.25, 0.3) is 5.91 Å². The van der Waals surface area contributed by atoms with Crippen LogP contribution in [0.1, 0.15) is 38.2 Å². The summed E-state index contributed by atoms with van der Waals surface area (Å²) < 4.78 is 5.53. The smallest absolute Gasteiger partial charge is 0.251 e. The Kier molecular flexibility index (Phi) is 10.5. The van der Waals surface area contributed by atoms with Crippen molar-refractivity contribution in [1.29, 1.82) is 0 Å². The van der Waals surface area contributed by atoms with E-state index in [0.717, 1.165) is 49.6 Å². The van der Waals surface area contributed by atoms with E-state index < -0.39 is 0 Å². The first-order valence-electron chi connectivity index (χ1n) is 10.9. The molecule has 0 aliphatic carbocycles. The van der Waals surface area contributed by atoms with E-state index in [0.29, 0.717) is 32.7 Å². The van der Waals surface area contributed by atoms with Crippen molar-refractivity contribution in [2.45, 2.75) is 45.3 Å². The zero-order valence-corrected chi connectivity index (χ0v) is 20.8. The number of piperazine rings is 1. The minimum atomic E-state index is -0.251. The molecular weight excluding hydrogens is 509 g/mol. The van der Waals surface area contributed by atoms with Crippen molar-refractivity contribution in [3.63, 3.8) is 0 Å². The second kappa shape index (κ2) is 12.8. The Hall–Kier alpha value is -1.88. The van der Waals surface area contributed by atoms with E-state index in [1.165, 1.54) is 0 Å². The van der Waals surface area contributed by atoms with E-state index in [4.69, 9.17) is 4.74 Å². The van der Waals surface area contributed by atoms with Gasteiger partial charge in [0.05, 0.1) is 0 Å². The highest BCUT2D eigenvalue weighted by Gasteiger charge is 2.30. The van der Waals surface area contributed by atoms with Gasteiger partial charge < -0.3 is 25.2 Å². The third-order valence-corrected chi connectivity index (χ3v) is 5.45. The van der Waals surface area contributed by atoms with Gasteiger partial charge in [-0.2, -0.15) is 0 Å². The Morgan fingerprint density at radius 3 is 2.58 bits per heavy atom. The summed E-state index contributed by atoms with van der Waals surface area (Å²) in [5, 5.41) is 6.33. The van der Waals surface area contributed by atoms with Crippen molar-refractivity contribution in [2.24, 2.45) is 4.99 Å². The number of halogens is 1. The van der Waals surface area contributed by atoms with Gasteiger partial charge >= 0.3 is 0 Å². The third kappa shape index (κ3) is 7.34. The van der Waals surface area contributed by atoms with Gasteiger partial charge in [0, 0.05) is 58.5 Å². The topological polar surface area (TPSA) is 86.3 Å². The molecule has 1 unspecified atom stereocenters. The molecule has 1 aromatic rings. The second-order valence-electron chi connectivity index (χ2n) is 7.71. The van der Waals surface area contributed by atoms with E-state index in [9.17, 15) is 9.59 Å². The molecule has 31 heavy (non-hydrogen) atoms. The number of hydrogen-bond donors (Lipinski definition) is 2. The van der Waals surface area contributed by atoms with Gasteiger partial charge in [0.15, 0.2) is 5.96 Å². The Morgan fingerprint density at radius 2 is 1.94 bits per heavy atom. The lowest BCUT2D eigenvalue weighted by Crippen LogP contribution is -2.55. The molecule has 8 nitrogen and oxygen atoms in total. The fraction of sp³-hybridized carbons (Fsp3) is 0.591. The normalized spacial score (nSPS) is 19.0. The number of hydrogen-bond acceptors (Lipinski definition) is 4. The average molecular weight is 543 g/mol. The van der Waals surface area contributed by atoms with Crippen LogP contribution in [0, 0.1) is 0 Å². The summed E-state index contributed by atoms with van der Waals surface area (Å²) in [4.78, 5) is 32.8. The number of benzene rings is 1. The number of amides is 2. The Morgan fingerprint density at radius 1 is 1.19 bits per heavy atom. The van der Waals surface area contributed by atoms with Crippen molar-refractivity contribution < 1.29 is 14.3 Å². The molecule has 2 heterocycles. The summed E-state index contributed by atoms with van der Waals surface area (Å²) in [5.41, 5.74) is 1.88. The highest BCUT2D eigenvalue weighted by atomic mass is 127. The summed E-state index contributed by atoms with van der Waals surface area (Å²) in [6.07, 6.45) is 2.90. The highest BCUT2D eigenvalue weighted by Crippen LogP contribution is 2.16. The van der Waals surface area contributed by atoms with E-state index in [1.54, 1.807) is 7.05 Å². The van der Waals surface area contributed by atoms with Gasteiger partial charge in [-0.15, -0.1) is 24.0 Å².